The van der Waals surface area contributed by atoms with Crippen LogP contribution < -0.4 is 0 Å². The highest BCUT2D eigenvalue weighted by Crippen LogP contribution is 2.26. The lowest BCUT2D eigenvalue weighted by Crippen LogP contribution is -2.38. The van der Waals surface area contributed by atoms with Gasteiger partial charge in [-0.15, -0.1) is 0 Å². The van der Waals surface area contributed by atoms with Crippen LogP contribution in [0.4, 0.5) is 4.39 Å². The van der Waals surface area contributed by atoms with E-state index in [0.717, 1.165) is 49.9 Å². The number of fused-ring (bicyclic) bond motifs is 1. The number of Topliss-reactive ketones (excluding diaryl/α,β-unsaturated/α-hetero) is 1. The first-order valence-electron chi connectivity index (χ1n) is 12.3. The number of likely N-dealkylation sites (N-methyl/N-ethyl adjacent to an activating group) is 1. The van der Waals surface area contributed by atoms with Crippen molar-refractivity contribution in [2.45, 2.75) is 31.8 Å². The summed E-state index contributed by atoms with van der Waals surface area (Å²) in [5.74, 6) is -0.449. The zero-order chi connectivity index (χ0) is 25.7. The molecule has 36 heavy (non-hydrogen) atoms. The van der Waals surface area contributed by atoms with Crippen molar-refractivity contribution in [1.29, 1.82) is 0 Å². The number of carbonyl (C=O) groups is 3. The van der Waals surface area contributed by atoms with Crippen LogP contribution in [0.1, 0.15) is 45.5 Å². The van der Waals surface area contributed by atoms with Crippen LogP contribution in [0.15, 0.2) is 48.7 Å². The second kappa shape index (κ2) is 11.6. The number of benzene rings is 2. The number of halogens is 1. The van der Waals surface area contributed by atoms with Gasteiger partial charge in [0.25, 0.3) is 5.91 Å². The van der Waals surface area contributed by atoms with Gasteiger partial charge in [-0.3, -0.25) is 14.4 Å². The van der Waals surface area contributed by atoms with Gasteiger partial charge in [0.15, 0.2) is 6.29 Å². The molecule has 0 unspecified atom stereocenters. The van der Waals surface area contributed by atoms with E-state index < -0.39 is 5.78 Å². The van der Waals surface area contributed by atoms with E-state index in [-0.39, 0.29) is 29.7 Å². The molecule has 3 heterocycles. The Morgan fingerprint density at radius 2 is 1.81 bits per heavy atom. The first kappa shape index (κ1) is 25.7. The average molecular weight is 494 g/mol. The number of likely N-dealkylation sites (tertiary alicyclic amines) is 2. The highest BCUT2D eigenvalue weighted by molar-refractivity contribution is 6.33. The number of aliphatic hydroxyl groups excluding tert-OH is 1. The third kappa shape index (κ3) is 6.25. The van der Waals surface area contributed by atoms with E-state index in [4.69, 9.17) is 5.11 Å². The maximum absolute atomic E-state index is 13.1. The second-order valence-electron chi connectivity index (χ2n) is 9.72. The van der Waals surface area contributed by atoms with Crippen LogP contribution in [0, 0.1) is 11.7 Å². The third-order valence-electron chi connectivity index (χ3n) is 7.01. The maximum Gasteiger partial charge on any atom is 0.256 e. The Hall–Kier alpha value is -3.36. The molecule has 2 saturated heterocycles. The summed E-state index contributed by atoms with van der Waals surface area (Å²) in [4.78, 5) is 42.5. The number of piperidine rings is 1. The van der Waals surface area contributed by atoms with Gasteiger partial charge >= 0.3 is 0 Å². The van der Waals surface area contributed by atoms with Gasteiger partial charge < -0.3 is 19.9 Å². The fourth-order valence-corrected chi connectivity index (χ4v) is 4.89. The molecule has 0 aliphatic carbocycles. The number of amides is 1. The van der Waals surface area contributed by atoms with E-state index in [1.54, 1.807) is 24.4 Å². The number of nitrogens with zero attached hydrogens (tertiary/aromatic N) is 2. The number of aromatic nitrogens is 1. The number of ketones is 1. The predicted molar refractivity (Wildman–Crippen MR) is 136 cm³/mol. The van der Waals surface area contributed by atoms with Gasteiger partial charge in [0, 0.05) is 48.8 Å². The number of nitrogens with one attached hydrogen (secondary N) is 1. The van der Waals surface area contributed by atoms with Crippen molar-refractivity contribution in [2.75, 3.05) is 33.2 Å². The lowest BCUT2D eigenvalue weighted by atomic mass is 9.90. The van der Waals surface area contributed by atoms with E-state index in [1.165, 1.54) is 12.1 Å². The Kier molecular flexibility index (Phi) is 8.28. The Balaban J connectivity index is 0.000000375. The van der Waals surface area contributed by atoms with Crippen molar-refractivity contribution in [3.05, 3.63) is 71.2 Å². The zero-order valence-corrected chi connectivity index (χ0v) is 20.5. The molecule has 2 aromatic carbocycles. The molecule has 5 rings (SSSR count). The van der Waals surface area contributed by atoms with Gasteiger partial charge in [0.1, 0.15) is 5.82 Å². The fourth-order valence-electron chi connectivity index (χ4n) is 4.89. The van der Waals surface area contributed by atoms with Crippen LogP contribution in [0.2, 0.25) is 0 Å². The molecule has 190 valence electrons. The highest BCUT2D eigenvalue weighted by atomic mass is 19.1. The van der Waals surface area contributed by atoms with Crippen molar-refractivity contribution in [3.63, 3.8) is 0 Å². The van der Waals surface area contributed by atoms with Crippen molar-refractivity contribution >= 4 is 28.9 Å². The highest BCUT2D eigenvalue weighted by Gasteiger charge is 2.25. The smallest absolute Gasteiger partial charge is 0.256 e. The Bertz CT molecular complexity index is 1210. The van der Waals surface area contributed by atoms with Crippen molar-refractivity contribution in [3.8, 4) is 0 Å². The first-order chi connectivity index (χ1) is 17.3. The van der Waals surface area contributed by atoms with Crippen LogP contribution >= 0.6 is 0 Å². The Morgan fingerprint density at radius 1 is 1.08 bits per heavy atom. The average Bonchev–Trinajstić information content (AvgIpc) is 3.49. The predicted octanol–water partition coefficient (Wildman–Crippen LogP) is 3.47. The largest absolute Gasteiger partial charge is 0.392 e. The molecule has 1 atom stereocenters. The summed E-state index contributed by atoms with van der Waals surface area (Å²) < 4.78 is 13.1. The van der Waals surface area contributed by atoms with Gasteiger partial charge in [-0.05, 0) is 74.5 Å². The monoisotopic (exact) mass is 493 g/mol. The maximum atomic E-state index is 13.1. The number of aliphatic hydroxyl groups is 1. The molecule has 8 heteroatoms. The minimum atomic E-state index is -0.604. The molecule has 2 aliphatic heterocycles. The standard InChI is InChI=1S/C23H21FN2O3.C5H11NO/c24-18-4-1-15(2-5-18)11-16-7-9-26(10-8-16)23(29)20-13-25-21-6-3-17(12-19(20)21)22(28)14-27;1-6-3-2-5(7)4-6/h1-6,12-14,16,25H,7-11H2;5,7H,2-4H2,1H3/t;5-/m.0/s1. The van der Waals surface area contributed by atoms with Gasteiger partial charge in [-0.2, -0.15) is 0 Å². The van der Waals surface area contributed by atoms with Crippen LogP contribution in [0.3, 0.4) is 0 Å². The summed E-state index contributed by atoms with van der Waals surface area (Å²) in [5, 5.41) is 9.51. The van der Waals surface area contributed by atoms with E-state index in [0.29, 0.717) is 30.0 Å². The molecule has 1 amide bonds. The third-order valence-corrected chi connectivity index (χ3v) is 7.01. The Morgan fingerprint density at radius 3 is 2.39 bits per heavy atom. The molecule has 2 N–H and O–H groups in total. The number of hydrogen-bond donors (Lipinski definition) is 2. The minimum absolute atomic E-state index is 0.0509. The Labute approximate surface area is 209 Å². The molecule has 7 nitrogen and oxygen atoms in total. The van der Waals surface area contributed by atoms with E-state index >= 15 is 0 Å². The summed E-state index contributed by atoms with van der Waals surface area (Å²) in [5.41, 5.74) is 2.65. The van der Waals surface area contributed by atoms with Crippen LogP contribution in [0.25, 0.3) is 10.9 Å². The van der Waals surface area contributed by atoms with Gasteiger partial charge in [0.2, 0.25) is 5.78 Å². The molecular weight excluding hydrogens is 461 g/mol. The van der Waals surface area contributed by atoms with E-state index in [9.17, 15) is 18.8 Å². The van der Waals surface area contributed by atoms with E-state index in [1.807, 2.05) is 24.1 Å². The summed E-state index contributed by atoms with van der Waals surface area (Å²) in [6.07, 6.45) is 5.50. The molecule has 0 bridgehead atoms. The van der Waals surface area contributed by atoms with Gasteiger partial charge in [-0.1, -0.05) is 12.1 Å². The number of hydrogen-bond acceptors (Lipinski definition) is 5. The summed E-state index contributed by atoms with van der Waals surface area (Å²) >= 11 is 0. The fraction of sp³-hybridized carbons (Fsp3) is 0.393. The molecule has 2 aliphatic rings. The van der Waals surface area contributed by atoms with Crippen LogP contribution in [-0.2, 0) is 11.2 Å². The van der Waals surface area contributed by atoms with E-state index in [2.05, 4.69) is 9.88 Å². The number of rotatable bonds is 5. The molecule has 3 aromatic rings. The summed E-state index contributed by atoms with van der Waals surface area (Å²) in [7, 11) is 2.02. The number of carbonyl (C=O) groups excluding carboxylic acids is 3. The van der Waals surface area contributed by atoms with Crippen molar-refractivity contribution in [1.82, 2.24) is 14.8 Å². The minimum Gasteiger partial charge on any atom is -0.392 e. The van der Waals surface area contributed by atoms with Gasteiger partial charge in [-0.25, -0.2) is 4.39 Å². The lowest BCUT2D eigenvalue weighted by molar-refractivity contribution is -0.104. The molecule has 1 aromatic heterocycles. The number of H-pyrrole nitrogens is 1. The molecule has 0 spiro atoms. The quantitative estimate of drug-likeness (QED) is 0.323. The van der Waals surface area contributed by atoms with Crippen LogP contribution in [0.5, 0.6) is 0 Å². The number of β-amino-alcohol motifs (C(OH)–C–C–N with tert-alkyl or cyclic N) is 1. The molecule has 0 saturated carbocycles. The number of aldehydes is 1. The lowest BCUT2D eigenvalue weighted by Gasteiger charge is -2.32. The second-order valence-corrected chi connectivity index (χ2v) is 9.72. The zero-order valence-electron chi connectivity index (χ0n) is 20.5. The van der Waals surface area contributed by atoms with Gasteiger partial charge in [0.05, 0.1) is 11.7 Å². The molecule has 2 fully saturated rings. The van der Waals surface area contributed by atoms with Crippen molar-refractivity contribution < 1.29 is 23.9 Å². The van der Waals surface area contributed by atoms with Crippen LogP contribution in [-0.4, -0.2) is 77.2 Å². The molecular formula is C28H32FN3O4. The molecule has 0 radical (unpaired) electrons. The normalized spacial score (nSPS) is 18.6. The first-order valence-corrected chi connectivity index (χ1v) is 12.3. The topological polar surface area (TPSA) is 93.7 Å². The summed E-state index contributed by atoms with van der Waals surface area (Å²) in [6, 6.07) is 11.5. The van der Waals surface area contributed by atoms with Crippen molar-refractivity contribution in [2.24, 2.45) is 5.92 Å². The summed E-state index contributed by atoms with van der Waals surface area (Å²) in [6.45, 7) is 3.23. The SMILES string of the molecule is CN1CC[C@H](O)C1.O=CC(=O)c1ccc2[nH]cc(C(=O)N3CCC(Cc4ccc(F)cc4)CC3)c2c1. The number of aromatic amines is 1.